The van der Waals surface area contributed by atoms with E-state index < -0.39 is 0 Å². The van der Waals surface area contributed by atoms with Crippen LogP contribution < -0.4 is 5.32 Å². The molecule has 1 rings (SSSR count). The van der Waals surface area contributed by atoms with Crippen LogP contribution in [-0.4, -0.2) is 53.7 Å². The Morgan fingerprint density at radius 2 is 2.08 bits per heavy atom. The Kier molecular flexibility index (Phi) is 8.47. The first-order valence-electron chi connectivity index (χ1n) is 8.76. The van der Waals surface area contributed by atoms with Gasteiger partial charge in [0.05, 0.1) is 12.2 Å². The van der Waals surface area contributed by atoms with Gasteiger partial charge in [0.2, 0.25) is 5.91 Å². The number of carbonyl (C=O) groups is 2. The molecule has 5 heteroatoms. The van der Waals surface area contributed by atoms with Crippen molar-refractivity contribution < 1.29 is 9.59 Å². The van der Waals surface area contributed by atoms with Crippen LogP contribution in [0.2, 0.25) is 0 Å². The number of nitrogens with one attached hydrogen (secondary N) is 1. The molecule has 134 valence electrons. The van der Waals surface area contributed by atoms with E-state index in [0.717, 1.165) is 25.1 Å². The molecular weight excluding hydrogens is 302 g/mol. The zero-order valence-electron chi connectivity index (χ0n) is 15.5. The van der Waals surface area contributed by atoms with E-state index in [1.807, 2.05) is 30.9 Å². The number of likely N-dealkylation sites (N-methyl/N-ethyl adjacent to an activating group) is 1. The molecule has 1 atom stereocenters. The molecule has 1 amide bonds. The average Bonchev–Trinajstić information content (AvgIpc) is 2.53. The van der Waals surface area contributed by atoms with Gasteiger partial charge in [-0.15, -0.1) is 0 Å². The maximum absolute atomic E-state index is 12.3. The first-order valence-corrected chi connectivity index (χ1v) is 8.76. The Morgan fingerprint density at radius 3 is 2.62 bits per heavy atom. The summed E-state index contributed by atoms with van der Waals surface area (Å²) in [7, 11) is 0. The molecule has 1 fully saturated rings. The number of carbonyl (C=O) groups excluding carboxylic acids is 2. The number of ketones is 1. The number of hydrogen-bond acceptors (Lipinski definition) is 4. The minimum Gasteiger partial charge on any atom is -0.337 e. The molecule has 0 aliphatic carbocycles. The molecule has 0 aromatic heterocycles. The summed E-state index contributed by atoms with van der Waals surface area (Å²) in [5, 5.41) is 3.15. The maximum Gasteiger partial charge on any atom is 0.246 e. The van der Waals surface area contributed by atoms with E-state index in [2.05, 4.69) is 18.8 Å². The zero-order valence-corrected chi connectivity index (χ0v) is 15.5. The number of hydrogen-bond donors (Lipinski definition) is 1. The van der Waals surface area contributed by atoms with Crippen LogP contribution >= 0.6 is 0 Å². The quantitative estimate of drug-likeness (QED) is 0.548. The van der Waals surface area contributed by atoms with Crippen molar-refractivity contribution in [3.63, 3.8) is 0 Å². The molecule has 0 bridgehead atoms. The van der Waals surface area contributed by atoms with E-state index in [9.17, 15) is 9.59 Å². The van der Waals surface area contributed by atoms with Crippen LogP contribution in [0.3, 0.4) is 0 Å². The second-order valence-electron chi connectivity index (χ2n) is 6.15. The molecule has 1 heterocycles. The molecule has 1 aliphatic rings. The van der Waals surface area contributed by atoms with Crippen molar-refractivity contribution in [1.82, 2.24) is 15.1 Å². The molecule has 0 aromatic rings. The largest absolute Gasteiger partial charge is 0.337 e. The normalized spacial score (nSPS) is 19.2. The lowest BCUT2D eigenvalue weighted by atomic mass is 10.1. The van der Waals surface area contributed by atoms with E-state index >= 15 is 0 Å². The Morgan fingerprint density at radius 1 is 1.38 bits per heavy atom. The lowest BCUT2D eigenvalue weighted by molar-refractivity contribution is -0.127. The van der Waals surface area contributed by atoms with E-state index in [1.165, 1.54) is 0 Å². The Hall–Kier alpha value is -1.88. The summed E-state index contributed by atoms with van der Waals surface area (Å²) in [4.78, 5) is 28.1. The van der Waals surface area contributed by atoms with Gasteiger partial charge in [-0.2, -0.15) is 0 Å². The zero-order chi connectivity index (χ0) is 18.1. The van der Waals surface area contributed by atoms with Gasteiger partial charge in [-0.25, -0.2) is 0 Å². The van der Waals surface area contributed by atoms with E-state index in [0.29, 0.717) is 25.3 Å². The fraction of sp³-hybridized carbons (Fsp3) is 0.579. The van der Waals surface area contributed by atoms with Crippen LogP contribution in [-0.2, 0) is 9.59 Å². The third-order valence-electron chi connectivity index (χ3n) is 3.97. The highest BCUT2D eigenvalue weighted by molar-refractivity contribution is 5.93. The first kappa shape index (κ1) is 20.2. The lowest BCUT2D eigenvalue weighted by Crippen LogP contribution is -2.51. The maximum atomic E-state index is 12.3. The summed E-state index contributed by atoms with van der Waals surface area (Å²) in [6.07, 6.45) is 7.29. The molecule has 0 aromatic carbocycles. The predicted octanol–water partition coefficient (Wildman–Crippen LogP) is 2.47. The molecule has 0 radical (unpaired) electrons. The van der Waals surface area contributed by atoms with Crippen molar-refractivity contribution in [2.24, 2.45) is 0 Å². The van der Waals surface area contributed by atoms with Crippen LogP contribution in [0.1, 0.15) is 40.5 Å². The van der Waals surface area contributed by atoms with E-state index in [-0.39, 0.29) is 17.7 Å². The van der Waals surface area contributed by atoms with Crippen LogP contribution in [0.15, 0.2) is 36.2 Å². The van der Waals surface area contributed by atoms with Crippen molar-refractivity contribution in [2.75, 3.05) is 26.2 Å². The molecule has 1 unspecified atom stereocenters. The van der Waals surface area contributed by atoms with Crippen molar-refractivity contribution in [1.29, 1.82) is 0 Å². The molecular formula is C19H31N3O2. The molecule has 1 saturated heterocycles. The predicted molar refractivity (Wildman–Crippen MR) is 98.4 cm³/mol. The van der Waals surface area contributed by atoms with Gasteiger partial charge < -0.3 is 15.1 Å². The lowest BCUT2D eigenvalue weighted by Gasteiger charge is -2.43. The summed E-state index contributed by atoms with van der Waals surface area (Å²) < 4.78 is 0. The molecule has 24 heavy (non-hydrogen) atoms. The number of rotatable bonds is 8. The van der Waals surface area contributed by atoms with Crippen molar-refractivity contribution in [3.8, 4) is 0 Å². The number of allylic oxidation sites excluding steroid dienone is 2. The van der Waals surface area contributed by atoms with Gasteiger partial charge >= 0.3 is 0 Å². The van der Waals surface area contributed by atoms with Gasteiger partial charge in [0.25, 0.3) is 0 Å². The van der Waals surface area contributed by atoms with Crippen LogP contribution in [0, 0.1) is 0 Å². The minimum absolute atomic E-state index is 0.0116. The number of amides is 1. The third kappa shape index (κ3) is 5.64. The summed E-state index contributed by atoms with van der Waals surface area (Å²) in [5.41, 5.74) is 1.49. The Bertz CT molecular complexity index is 523. The monoisotopic (exact) mass is 333 g/mol. The van der Waals surface area contributed by atoms with E-state index in [4.69, 9.17) is 0 Å². The second-order valence-corrected chi connectivity index (χ2v) is 6.15. The van der Waals surface area contributed by atoms with Crippen LogP contribution in [0.4, 0.5) is 0 Å². The molecule has 1 aliphatic heterocycles. The standard InChI is InChI=1S/C19H31N3O2/c1-6-8-10-18(17(5)23)22-15(3)13-21(14-16(22)4)19(24)11-9-12-20-7-2/h9-11,16,20H,3,6-8,12-14H2,1-2,4-5H3/b11-9+,18-10-. The van der Waals surface area contributed by atoms with Crippen molar-refractivity contribution >= 4 is 11.7 Å². The highest BCUT2D eigenvalue weighted by Crippen LogP contribution is 2.24. The summed E-state index contributed by atoms with van der Waals surface area (Å²) in [6.45, 7) is 14.4. The fourth-order valence-corrected chi connectivity index (χ4v) is 2.83. The highest BCUT2D eigenvalue weighted by Gasteiger charge is 2.31. The van der Waals surface area contributed by atoms with Crippen LogP contribution in [0.25, 0.3) is 0 Å². The Balaban J connectivity index is 2.79. The number of piperazine rings is 1. The smallest absolute Gasteiger partial charge is 0.246 e. The second kappa shape index (κ2) is 10.1. The van der Waals surface area contributed by atoms with Gasteiger partial charge in [0.15, 0.2) is 5.78 Å². The fourth-order valence-electron chi connectivity index (χ4n) is 2.83. The van der Waals surface area contributed by atoms with Gasteiger partial charge in [0.1, 0.15) is 0 Å². The molecule has 5 nitrogen and oxygen atoms in total. The topological polar surface area (TPSA) is 52.7 Å². The summed E-state index contributed by atoms with van der Waals surface area (Å²) in [5.74, 6) is 0.0317. The third-order valence-corrected chi connectivity index (χ3v) is 3.97. The molecule has 0 spiro atoms. The summed E-state index contributed by atoms with van der Waals surface area (Å²) >= 11 is 0. The van der Waals surface area contributed by atoms with Gasteiger partial charge in [0, 0.05) is 37.8 Å². The average molecular weight is 333 g/mol. The number of unbranched alkanes of at least 4 members (excludes halogenated alkanes) is 1. The summed E-state index contributed by atoms with van der Waals surface area (Å²) in [6, 6.07) is 0.0318. The Labute approximate surface area is 146 Å². The molecule has 1 N–H and O–H groups in total. The van der Waals surface area contributed by atoms with Gasteiger partial charge in [-0.1, -0.05) is 39.0 Å². The van der Waals surface area contributed by atoms with Gasteiger partial charge in [-0.05, 0) is 19.9 Å². The number of nitrogens with zero attached hydrogens (tertiary/aromatic N) is 2. The van der Waals surface area contributed by atoms with Crippen molar-refractivity contribution in [3.05, 3.63) is 36.2 Å². The van der Waals surface area contributed by atoms with Crippen molar-refractivity contribution in [2.45, 2.75) is 46.6 Å². The van der Waals surface area contributed by atoms with E-state index in [1.54, 1.807) is 17.9 Å². The SMILES string of the molecule is C=C1CN(C(=O)/C=C/CNCC)CC(C)N1/C(=C\CCC)C(C)=O. The number of Topliss-reactive ketones (excluding diaryl/α,β-unsaturated/α-hetero) is 1. The minimum atomic E-state index is -0.0116. The van der Waals surface area contributed by atoms with Crippen LogP contribution in [0.5, 0.6) is 0 Å². The van der Waals surface area contributed by atoms with Gasteiger partial charge in [-0.3, -0.25) is 9.59 Å². The highest BCUT2D eigenvalue weighted by atomic mass is 16.2. The first-order chi connectivity index (χ1) is 11.4. The molecule has 0 saturated carbocycles.